The predicted molar refractivity (Wildman–Crippen MR) is 201 cm³/mol. The second kappa shape index (κ2) is 23.3. The topological polar surface area (TPSA) is 26.3 Å². The molecule has 28 heteroatoms. The maximum Gasteiger partial charge on any atom is 0.309 e. The number of thioether (sulfide) groups is 1. The predicted octanol–water partition coefficient (Wildman–Crippen LogP) is -7.54. The third kappa shape index (κ3) is 22.1. The lowest BCUT2D eigenvalue weighted by molar-refractivity contribution is -0.143. The molecule has 2 fully saturated rings. The lowest BCUT2D eigenvalue weighted by Gasteiger charge is -2.25. The first-order chi connectivity index (χ1) is 17.1. The molecule has 2 rings (SSSR count). The smallest absolute Gasteiger partial charge is 0.309 e. The fraction of sp³-hybridized carbons (Fsp3) is 0.889. The number of rotatable bonds is 12. The number of carbonyl (C=O) groups excluding carboxylic acids is 1. The summed E-state index contributed by atoms with van der Waals surface area (Å²) < 4.78 is 4.61. The van der Waals surface area contributed by atoms with Gasteiger partial charge in [0.25, 0.3) is 0 Å². The van der Waals surface area contributed by atoms with Gasteiger partial charge in [-0.15, -0.1) is 0 Å². The molecule has 0 aromatic rings. The molecule has 0 aromatic carbocycles. The summed E-state index contributed by atoms with van der Waals surface area (Å²) in [5.41, 5.74) is 0. The largest absolute Gasteiger partial charge is 0.469 e. The number of methoxy groups -OCH3 is 1. The average molecular weight is 482 g/mol. The Bertz CT molecular complexity index is 524. The van der Waals surface area contributed by atoms with Crippen molar-refractivity contribution in [3.8, 4) is 0 Å². The normalized spacial score (nSPS) is 16.1. The molecule has 26 radical (unpaired) electrons. The van der Waals surface area contributed by atoms with Gasteiger partial charge in [-0.05, 0) is 10.3 Å². The molecule has 0 spiro atoms. The molecule has 150 valence electrons. The fourth-order valence-corrected chi connectivity index (χ4v) is 3.97. The van der Waals surface area contributed by atoms with Crippen molar-refractivity contribution in [1.82, 2.24) is 0 Å². The summed E-state index contributed by atoms with van der Waals surface area (Å²) in [6.45, 7) is 1.92. The van der Waals surface area contributed by atoms with Gasteiger partial charge in [0.15, 0.2) is 0 Å². The Kier molecular flexibility index (Phi) is 25.7. The van der Waals surface area contributed by atoms with Gasteiger partial charge in [0.2, 0.25) is 0 Å². The van der Waals surface area contributed by atoms with Crippen LogP contribution in [0, 0.1) is 5.92 Å². The van der Waals surface area contributed by atoms with Crippen LogP contribution in [0.15, 0.2) is 0 Å². The molecule has 0 bridgehead atoms. The van der Waals surface area contributed by atoms with Crippen LogP contribution in [0.5, 0.6) is 0 Å². The van der Waals surface area contributed by atoms with Gasteiger partial charge in [0.05, 0.1) is 13.0 Å². The average Bonchev–Trinajstić information content (AvgIpc) is 3.74. The maximum atomic E-state index is 10.9. The summed E-state index contributed by atoms with van der Waals surface area (Å²) in [6, 6.07) is 0. The Morgan fingerprint density at radius 3 is 1.38 bits per heavy atom. The number of thiol groups is 1. The van der Waals surface area contributed by atoms with Crippen LogP contribution in [-0.4, -0.2) is 202 Å². The Morgan fingerprint density at radius 2 is 1.22 bits per heavy atom. The van der Waals surface area contributed by atoms with E-state index < -0.39 is 38.3 Å². The van der Waals surface area contributed by atoms with Crippen molar-refractivity contribution >= 4 is 203 Å². The van der Waals surface area contributed by atoms with Gasteiger partial charge in [-0.3, -0.25) is 4.79 Å². The molecule has 3 unspecified atom stereocenters. The van der Waals surface area contributed by atoms with Crippen molar-refractivity contribution in [2.24, 2.45) is 5.92 Å². The summed E-state index contributed by atoms with van der Waals surface area (Å²) in [7, 11) is 71.1. The van der Waals surface area contributed by atoms with Crippen molar-refractivity contribution in [3.63, 3.8) is 0 Å². The molecular weight excluding hydrogens is 464 g/mol. The van der Waals surface area contributed by atoms with E-state index in [0.29, 0.717) is 0 Å². The van der Waals surface area contributed by atoms with Crippen LogP contribution in [0.4, 0.5) is 0 Å². The highest BCUT2D eigenvalue weighted by atomic mass is 32.2. The Labute approximate surface area is 259 Å². The Morgan fingerprint density at radius 1 is 0.892 bits per heavy atom. The molecule has 2 nitrogen and oxygen atoms in total. The van der Waals surface area contributed by atoms with E-state index in [1.165, 1.54) is 48.4 Å². The first-order valence-electron chi connectivity index (χ1n) is 12.2. The van der Waals surface area contributed by atoms with Crippen LogP contribution in [-0.2, 0) is 9.53 Å². The molecular formula is C9H18B24O2S2. The molecule has 2 heterocycles. The maximum absolute atomic E-state index is 10.9. The van der Waals surface area contributed by atoms with Gasteiger partial charge in [-0.2, -0.15) is 24.4 Å². The third-order valence-corrected chi connectivity index (χ3v) is 7.52. The van der Waals surface area contributed by atoms with Crippen molar-refractivity contribution < 1.29 is 9.53 Å². The van der Waals surface area contributed by atoms with Gasteiger partial charge in [-0.25, -0.2) is 0 Å². The van der Waals surface area contributed by atoms with Crippen molar-refractivity contribution in [2.45, 2.75) is 29.9 Å². The van der Waals surface area contributed by atoms with Crippen molar-refractivity contribution in [2.75, 3.05) is 12.9 Å². The Hall–Kier alpha value is 1.73. The number of ether oxygens (including phenoxy) is 1. The molecule has 37 heavy (non-hydrogen) atoms. The summed E-state index contributed by atoms with van der Waals surface area (Å²) in [5, 5.41) is 1.61. The summed E-state index contributed by atoms with van der Waals surface area (Å²) in [5.74, 6) is 0.890. The summed E-state index contributed by atoms with van der Waals surface area (Å²) in [4.78, 5) is 10.9. The van der Waals surface area contributed by atoms with Gasteiger partial charge >= 0.3 is 5.97 Å². The minimum Gasteiger partial charge on any atom is -0.469 e. The second-order valence-electron chi connectivity index (χ2n) is 9.19. The van der Waals surface area contributed by atoms with E-state index in [1.54, 1.807) is 0 Å². The SMILES string of the molecule is COC(=O)C(C)CSC1BC1.SC1BC1.[B][B]B([B])B(B([B])[B])B([B])[B].[B][B]B([B])B(B([B])[B])B([B])[B]. The highest BCUT2D eigenvalue weighted by Gasteiger charge is 2.28. The molecule has 0 aromatic heterocycles. The zero-order valence-electron chi connectivity index (χ0n) is 22.1. The number of hydrogen-bond acceptors (Lipinski definition) is 4. The minimum atomic E-state index is -0.648. The molecule has 0 N–H and O–H groups in total. The van der Waals surface area contributed by atoms with Crippen molar-refractivity contribution in [3.05, 3.63) is 0 Å². The van der Waals surface area contributed by atoms with Crippen molar-refractivity contribution in [1.29, 1.82) is 0 Å². The van der Waals surface area contributed by atoms with Crippen LogP contribution in [0.1, 0.15) is 6.92 Å². The highest BCUT2D eigenvalue weighted by molar-refractivity contribution is 8.03. The number of hydrogen-bond donors (Lipinski definition) is 1. The van der Waals surface area contributed by atoms with E-state index in [0.717, 1.165) is 16.1 Å². The van der Waals surface area contributed by atoms with Crippen LogP contribution < -0.4 is 0 Å². The van der Waals surface area contributed by atoms with Crippen LogP contribution >= 0.6 is 24.4 Å². The quantitative estimate of drug-likeness (QED) is 0.170. The lowest BCUT2D eigenvalue weighted by atomic mass is 8.56. The fourth-order valence-electron chi connectivity index (χ4n) is 2.66. The Balaban J connectivity index is 0. The van der Waals surface area contributed by atoms with E-state index >= 15 is 0 Å². The van der Waals surface area contributed by atoms with E-state index in [2.05, 4.69) is 17.4 Å². The van der Waals surface area contributed by atoms with E-state index in [-0.39, 0.29) is 24.7 Å². The van der Waals surface area contributed by atoms with Gasteiger partial charge < -0.3 is 4.74 Å². The summed E-state index contributed by atoms with van der Waals surface area (Å²) >= 11 is 5.97. The van der Waals surface area contributed by atoms with Crippen LogP contribution in [0.3, 0.4) is 0 Å². The molecule has 2 aliphatic rings. The number of esters is 1. The minimum absolute atomic E-state index is 0.0607. The van der Waals surface area contributed by atoms with Crippen LogP contribution in [0.2, 0.25) is 12.6 Å². The van der Waals surface area contributed by atoms with E-state index in [4.69, 9.17) is 92.8 Å². The molecule has 2 aliphatic heterocycles. The molecule has 0 amide bonds. The molecule has 3 atom stereocenters. The highest BCUT2D eigenvalue weighted by Crippen LogP contribution is 2.28. The van der Waals surface area contributed by atoms with E-state index in [1.807, 2.05) is 18.7 Å². The zero-order valence-corrected chi connectivity index (χ0v) is 23.9. The number of carbonyl (C=O) groups is 1. The van der Waals surface area contributed by atoms with Gasteiger partial charge in [-0.1, -0.05) is 19.6 Å². The lowest BCUT2D eigenvalue weighted by Crippen LogP contribution is -2.63. The van der Waals surface area contributed by atoms with Gasteiger partial charge in [0, 0.05) is 164 Å². The van der Waals surface area contributed by atoms with E-state index in [9.17, 15) is 4.79 Å². The monoisotopic (exact) mass is 486 g/mol. The van der Waals surface area contributed by atoms with Crippen LogP contribution in [0.25, 0.3) is 0 Å². The molecule has 0 saturated carbocycles. The second-order valence-corrected chi connectivity index (χ2v) is 11.3. The first-order valence-corrected chi connectivity index (χ1v) is 13.7. The first kappa shape index (κ1) is 40.9. The standard InChI is InChI=1S/C7H13BO2S.C2H5BS.2B11/c1-5(7(9)10-2)4-11-6-3-8-6;4-2-1-3-2;2*1-7-10(6)11(8(2)3)9(4)5/h5-6,8H,3-4H2,1-2H3;2-4H,1H2;;. The zero-order chi connectivity index (χ0) is 29.3. The molecule has 2 saturated heterocycles. The molecule has 0 aliphatic carbocycles. The third-order valence-electron chi connectivity index (χ3n) is 5.37. The summed E-state index contributed by atoms with van der Waals surface area (Å²) in [6.07, 6.45) is -1.61. The van der Waals surface area contributed by atoms with Gasteiger partial charge in [0.1, 0.15) is 14.6 Å².